The number of aromatic amines is 1. The highest BCUT2D eigenvalue weighted by Crippen LogP contribution is 2.29. The molecule has 0 bridgehead atoms. The number of nitrogens with zero attached hydrogens (tertiary/aromatic N) is 3. The first kappa shape index (κ1) is 23.6. The van der Waals surface area contributed by atoms with Crippen LogP contribution < -0.4 is 10.6 Å². The molecular formula is C26H28N6O4. The van der Waals surface area contributed by atoms with Crippen molar-refractivity contribution in [3.63, 3.8) is 0 Å². The minimum atomic E-state index is -0.643. The Morgan fingerprint density at radius 1 is 1.19 bits per heavy atom. The molecule has 3 aliphatic rings. The highest BCUT2D eigenvalue weighted by molar-refractivity contribution is 6.05. The molecule has 0 spiro atoms. The van der Waals surface area contributed by atoms with Gasteiger partial charge in [0.05, 0.1) is 12.2 Å². The molecular weight excluding hydrogens is 460 g/mol. The van der Waals surface area contributed by atoms with E-state index in [4.69, 9.17) is 0 Å². The first-order chi connectivity index (χ1) is 17.4. The predicted octanol–water partition coefficient (Wildman–Crippen LogP) is 1.45. The van der Waals surface area contributed by atoms with E-state index in [0.717, 1.165) is 35.4 Å². The minimum Gasteiger partial charge on any atom is -0.332 e. The third-order valence-electron chi connectivity index (χ3n) is 6.95. The molecule has 1 aromatic heterocycles. The second-order valence-electron chi connectivity index (χ2n) is 9.46. The standard InChI is InChI=1S/C26H28N6O4/c1-16-13-19(30-29-16)14-27-26(36)31-11-9-17(10-12-31)5-6-18-3-2-4-20-21(18)15-32(25(20)35)22-7-8-23(33)28-24(22)34/h2-4,13,17,22H,7-12,14-15H2,1H3,(H,27,36)(H,29,30)(H,28,33,34). The number of urea groups is 1. The zero-order valence-electron chi connectivity index (χ0n) is 20.1. The number of nitrogens with one attached hydrogen (secondary N) is 3. The smallest absolute Gasteiger partial charge is 0.317 e. The summed E-state index contributed by atoms with van der Waals surface area (Å²) in [6, 6.07) is 6.62. The number of carbonyl (C=O) groups excluding carboxylic acids is 4. The van der Waals surface area contributed by atoms with Crippen molar-refractivity contribution in [3.05, 3.63) is 52.3 Å². The second kappa shape index (κ2) is 9.85. The Morgan fingerprint density at radius 2 is 2.00 bits per heavy atom. The molecule has 10 nitrogen and oxygen atoms in total. The van der Waals surface area contributed by atoms with Gasteiger partial charge in [0.2, 0.25) is 11.8 Å². The average Bonchev–Trinajstić information content (AvgIpc) is 3.44. The monoisotopic (exact) mass is 488 g/mol. The van der Waals surface area contributed by atoms with Crippen LogP contribution in [-0.2, 0) is 22.7 Å². The van der Waals surface area contributed by atoms with Crippen molar-refractivity contribution in [2.24, 2.45) is 5.92 Å². The molecule has 1 unspecified atom stereocenters. The summed E-state index contributed by atoms with van der Waals surface area (Å²) in [5.74, 6) is 5.82. The molecule has 10 heteroatoms. The molecule has 5 rings (SSSR count). The number of rotatable bonds is 3. The van der Waals surface area contributed by atoms with E-state index >= 15 is 0 Å². The summed E-state index contributed by atoms with van der Waals surface area (Å²) in [7, 11) is 0. The minimum absolute atomic E-state index is 0.102. The van der Waals surface area contributed by atoms with Crippen molar-refractivity contribution in [1.29, 1.82) is 0 Å². The summed E-state index contributed by atoms with van der Waals surface area (Å²) >= 11 is 0. The topological polar surface area (TPSA) is 128 Å². The van der Waals surface area contributed by atoms with E-state index in [1.807, 2.05) is 25.1 Å². The number of hydrogen-bond acceptors (Lipinski definition) is 5. The lowest BCUT2D eigenvalue weighted by molar-refractivity contribution is -0.136. The fraction of sp³-hybridized carbons (Fsp3) is 0.423. The number of aromatic nitrogens is 2. The van der Waals surface area contributed by atoms with Crippen molar-refractivity contribution in [1.82, 2.24) is 30.6 Å². The van der Waals surface area contributed by atoms with Crippen LogP contribution >= 0.6 is 0 Å². The highest BCUT2D eigenvalue weighted by Gasteiger charge is 2.39. The van der Waals surface area contributed by atoms with E-state index in [9.17, 15) is 19.2 Å². The maximum absolute atomic E-state index is 13.0. The van der Waals surface area contributed by atoms with Gasteiger partial charge in [-0.05, 0) is 49.9 Å². The van der Waals surface area contributed by atoms with E-state index in [1.54, 1.807) is 15.9 Å². The lowest BCUT2D eigenvalue weighted by atomic mass is 9.96. The number of piperidine rings is 2. The van der Waals surface area contributed by atoms with Crippen molar-refractivity contribution in [2.75, 3.05) is 13.1 Å². The SMILES string of the molecule is Cc1cc(CNC(=O)N2CCC(C#Cc3cccc4c3CN(C3CCC(=O)NC3=O)C4=O)CC2)n[nH]1. The van der Waals surface area contributed by atoms with Crippen LogP contribution in [0.15, 0.2) is 24.3 Å². The number of hydrogen-bond donors (Lipinski definition) is 3. The average molecular weight is 489 g/mol. The van der Waals surface area contributed by atoms with E-state index in [1.165, 1.54) is 0 Å². The summed E-state index contributed by atoms with van der Waals surface area (Å²) in [6.07, 6.45) is 2.11. The predicted molar refractivity (Wildman–Crippen MR) is 129 cm³/mol. The molecule has 0 aliphatic carbocycles. The van der Waals surface area contributed by atoms with Crippen molar-refractivity contribution in [3.8, 4) is 11.8 Å². The highest BCUT2D eigenvalue weighted by atomic mass is 16.2. The molecule has 4 heterocycles. The fourth-order valence-electron chi connectivity index (χ4n) is 4.95. The Balaban J connectivity index is 1.18. The number of fused-ring (bicyclic) bond motifs is 1. The van der Waals surface area contributed by atoms with E-state index in [2.05, 4.69) is 32.7 Å². The maximum atomic E-state index is 13.0. The lowest BCUT2D eigenvalue weighted by Crippen LogP contribution is -2.52. The van der Waals surface area contributed by atoms with E-state index in [-0.39, 0.29) is 30.2 Å². The first-order valence-corrected chi connectivity index (χ1v) is 12.2. The Kier molecular flexibility index (Phi) is 6.46. The van der Waals surface area contributed by atoms with Crippen molar-refractivity contribution >= 4 is 23.8 Å². The summed E-state index contributed by atoms with van der Waals surface area (Å²) in [4.78, 5) is 52.6. The van der Waals surface area contributed by atoms with Gasteiger partial charge in [0.15, 0.2) is 0 Å². The quantitative estimate of drug-likeness (QED) is 0.445. The van der Waals surface area contributed by atoms with E-state index < -0.39 is 11.9 Å². The van der Waals surface area contributed by atoms with Gasteiger partial charge in [-0.3, -0.25) is 24.8 Å². The van der Waals surface area contributed by atoms with Crippen LogP contribution in [0, 0.1) is 24.7 Å². The summed E-state index contributed by atoms with van der Waals surface area (Å²) in [5, 5.41) is 12.2. The third-order valence-corrected chi connectivity index (χ3v) is 6.95. The third kappa shape index (κ3) is 4.82. The van der Waals surface area contributed by atoms with Crippen LogP contribution in [0.1, 0.15) is 58.6 Å². The van der Waals surface area contributed by atoms with Crippen molar-refractivity contribution < 1.29 is 19.2 Å². The number of carbonyl (C=O) groups is 4. The van der Waals surface area contributed by atoms with Gasteiger partial charge in [0.25, 0.3) is 5.91 Å². The molecule has 0 radical (unpaired) electrons. The number of likely N-dealkylation sites (tertiary alicyclic amines) is 1. The van der Waals surface area contributed by atoms with Crippen molar-refractivity contribution in [2.45, 2.75) is 51.7 Å². The van der Waals surface area contributed by atoms with Gasteiger partial charge in [-0.1, -0.05) is 17.9 Å². The molecule has 0 saturated carbocycles. The van der Waals surface area contributed by atoms with Gasteiger partial charge in [-0.15, -0.1) is 0 Å². The number of amides is 5. The molecule has 2 aromatic rings. The van der Waals surface area contributed by atoms with Crippen LogP contribution in [0.2, 0.25) is 0 Å². The molecule has 3 N–H and O–H groups in total. The second-order valence-corrected chi connectivity index (χ2v) is 9.46. The Bertz CT molecular complexity index is 1280. The summed E-state index contributed by atoms with van der Waals surface area (Å²) in [5.41, 5.74) is 3.92. The van der Waals surface area contributed by atoms with Crippen LogP contribution in [0.4, 0.5) is 4.79 Å². The molecule has 186 valence electrons. The number of H-pyrrole nitrogens is 1. The zero-order valence-corrected chi connectivity index (χ0v) is 20.1. The number of benzene rings is 1. The summed E-state index contributed by atoms with van der Waals surface area (Å²) in [6.45, 7) is 3.86. The van der Waals surface area contributed by atoms with Crippen LogP contribution in [0.3, 0.4) is 0 Å². The van der Waals surface area contributed by atoms with Crippen LogP contribution in [-0.4, -0.2) is 62.9 Å². The Morgan fingerprint density at radius 3 is 2.72 bits per heavy atom. The molecule has 2 saturated heterocycles. The van der Waals surface area contributed by atoms with E-state index in [0.29, 0.717) is 38.2 Å². The van der Waals surface area contributed by atoms with Gasteiger partial charge in [-0.2, -0.15) is 5.10 Å². The van der Waals surface area contributed by atoms with Gasteiger partial charge < -0.3 is 15.1 Å². The molecule has 5 amide bonds. The largest absolute Gasteiger partial charge is 0.332 e. The first-order valence-electron chi connectivity index (χ1n) is 12.2. The maximum Gasteiger partial charge on any atom is 0.317 e. The van der Waals surface area contributed by atoms with Crippen LogP contribution in [0.25, 0.3) is 0 Å². The normalized spacial score (nSPS) is 20.0. The van der Waals surface area contributed by atoms with Crippen LogP contribution in [0.5, 0.6) is 0 Å². The van der Waals surface area contributed by atoms with Gasteiger partial charge >= 0.3 is 6.03 Å². The fourth-order valence-corrected chi connectivity index (χ4v) is 4.95. The molecule has 1 atom stereocenters. The van der Waals surface area contributed by atoms with Gasteiger partial charge in [0.1, 0.15) is 6.04 Å². The van der Waals surface area contributed by atoms with Gasteiger partial charge in [0, 0.05) is 48.8 Å². The number of imide groups is 1. The number of aryl methyl sites for hydroxylation is 1. The summed E-state index contributed by atoms with van der Waals surface area (Å²) < 4.78 is 0. The molecule has 2 fully saturated rings. The van der Waals surface area contributed by atoms with Gasteiger partial charge in [-0.25, -0.2) is 4.79 Å². The zero-order chi connectivity index (χ0) is 25.2. The molecule has 1 aromatic carbocycles. The Hall–Kier alpha value is -4.13. The molecule has 3 aliphatic heterocycles. The lowest BCUT2D eigenvalue weighted by Gasteiger charge is -2.29. The molecule has 36 heavy (non-hydrogen) atoms. The Labute approximate surface area is 208 Å².